The molecule has 112 valence electrons. The zero-order valence-electron chi connectivity index (χ0n) is 12.5. The van der Waals surface area contributed by atoms with E-state index in [0.29, 0.717) is 17.9 Å². The Morgan fingerprint density at radius 1 is 1.35 bits per heavy atom. The van der Waals surface area contributed by atoms with Crippen LogP contribution in [-0.2, 0) is 9.53 Å². The van der Waals surface area contributed by atoms with Crippen LogP contribution in [-0.4, -0.2) is 29.3 Å². The van der Waals surface area contributed by atoms with Crippen LogP contribution in [0.2, 0.25) is 0 Å². The summed E-state index contributed by atoms with van der Waals surface area (Å²) in [7, 11) is 0. The molecular formula is C15H24N2O3. The Kier molecular flexibility index (Phi) is 5.53. The highest BCUT2D eigenvalue weighted by molar-refractivity contribution is 5.82. The molecule has 0 spiro atoms. The molecule has 5 nitrogen and oxygen atoms in total. The Balaban J connectivity index is 2.63. The molecule has 0 aromatic heterocycles. The van der Waals surface area contributed by atoms with Crippen molar-refractivity contribution in [3.05, 3.63) is 29.8 Å². The van der Waals surface area contributed by atoms with Crippen LogP contribution in [0.4, 0.5) is 5.69 Å². The number of ether oxygens (including phenoxy) is 1. The van der Waals surface area contributed by atoms with Crippen LogP contribution in [0.5, 0.6) is 0 Å². The summed E-state index contributed by atoms with van der Waals surface area (Å²) >= 11 is 0. The number of carbonyl (C=O) groups is 1. The lowest BCUT2D eigenvalue weighted by Crippen LogP contribution is -2.49. The standard InChI is InChI=1S/C15H24N2O3/c1-10(2)20-9-15(3,4)17-14(19)13(18)11-5-7-12(16)8-6-11/h5-8,10,13,18H,9,16H2,1-4H3,(H,17,19). The number of hydrogen-bond acceptors (Lipinski definition) is 4. The van der Waals surface area contributed by atoms with Gasteiger partial charge in [-0.25, -0.2) is 0 Å². The normalized spacial score (nSPS) is 13.3. The molecule has 0 saturated carbocycles. The number of hydrogen-bond donors (Lipinski definition) is 3. The maximum absolute atomic E-state index is 12.0. The van der Waals surface area contributed by atoms with Crippen LogP contribution in [0.25, 0.3) is 0 Å². The number of nitrogen functional groups attached to an aromatic ring is 1. The Labute approximate surface area is 120 Å². The average Bonchev–Trinajstić information content (AvgIpc) is 2.36. The molecule has 0 bridgehead atoms. The molecule has 1 unspecified atom stereocenters. The molecule has 1 rings (SSSR count). The molecule has 1 atom stereocenters. The second kappa shape index (κ2) is 6.72. The predicted octanol–water partition coefficient (Wildman–Crippen LogP) is 1.62. The summed E-state index contributed by atoms with van der Waals surface area (Å²) in [5, 5.41) is 12.8. The number of nitrogens with one attached hydrogen (secondary N) is 1. The zero-order valence-corrected chi connectivity index (χ0v) is 12.5. The summed E-state index contributed by atoms with van der Waals surface area (Å²) < 4.78 is 5.50. The first-order valence-corrected chi connectivity index (χ1v) is 6.68. The van der Waals surface area contributed by atoms with Crippen molar-refractivity contribution >= 4 is 11.6 Å². The lowest BCUT2D eigenvalue weighted by atomic mass is 10.0. The number of amides is 1. The summed E-state index contributed by atoms with van der Waals surface area (Å²) in [5.41, 5.74) is 6.13. The minimum atomic E-state index is -1.21. The SMILES string of the molecule is CC(C)OCC(C)(C)NC(=O)C(O)c1ccc(N)cc1. The third-order valence-corrected chi connectivity index (χ3v) is 2.74. The minimum absolute atomic E-state index is 0.0909. The Bertz CT molecular complexity index is 441. The molecule has 0 aliphatic heterocycles. The van der Waals surface area contributed by atoms with E-state index in [0.717, 1.165) is 0 Å². The fraction of sp³-hybridized carbons (Fsp3) is 0.533. The molecule has 1 aromatic carbocycles. The van der Waals surface area contributed by atoms with Gasteiger partial charge in [-0.2, -0.15) is 0 Å². The largest absolute Gasteiger partial charge is 0.399 e. The van der Waals surface area contributed by atoms with E-state index in [1.54, 1.807) is 24.3 Å². The molecule has 0 saturated heterocycles. The molecule has 0 heterocycles. The molecule has 5 heteroatoms. The highest BCUT2D eigenvalue weighted by Gasteiger charge is 2.26. The van der Waals surface area contributed by atoms with Gasteiger partial charge < -0.3 is 20.9 Å². The van der Waals surface area contributed by atoms with E-state index < -0.39 is 17.6 Å². The molecule has 0 aliphatic rings. The summed E-state index contributed by atoms with van der Waals surface area (Å²) in [6, 6.07) is 6.58. The summed E-state index contributed by atoms with van der Waals surface area (Å²) in [5.74, 6) is -0.452. The highest BCUT2D eigenvalue weighted by Crippen LogP contribution is 2.16. The van der Waals surface area contributed by atoms with Crippen LogP contribution in [0.15, 0.2) is 24.3 Å². The second-order valence-electron chi connectivity index (χ2n) is 5.80. The molecule has 1 amide bonds. The first-order valence-electron chi connectivity index (χ1n) is 6.68. The van der Waals surface area contributed by atoms with Gasteiger partial charge in [0, 0.05) is 5.69 Å². The van der Waals surface area contributed by atoms with Gasteiger partial charge >= 0.3 is 0 Å². The monoisotopic (exact) mass is 280 g/mol. The summed E-state index contributed by atoms with van der Waals surface area (Å²) in [4.78, 5) is 12.0. The van der Waals surface area contributed by atoms with Gasteiger partial charge in [-0.1, -0.05) is 12.1 Å². The summed E-state index contributed by atoms with van der Waals surface area (Å²) in [6.07, 6.45) is -1.12. The van der Waals surface area contributed by atoms with Crippen molar-refractivity contribution in [1.82, 2.24) is 5.32 Å². The van der Waals surface area contributed by atoms with E-state index in [1.165, 1.54) is 0 Å². The topological polar surface area (TPSA) is 84.6 Å². The zero-order chi connectivity index (χ0) is 15.3. The van der Waals surface area contributed by atoms with Crippen LogP contribution in [0, 0.1) is 0 Å². The van der Waals surface area contributed by atoms with Crippen LogP contribution in [0.3, 0.4) is 0 Å². The minimum Gasteiger partial charge on any atom is -0.399 e. The van der Waals surface area contributed by atoms with Crippen LogP contribution >= 0.6 is 0 Å². The van der Waals surface area contributed by atoms with Gasteiger partial charge in [0.05, 0.1) is 18.2 Å². The van der Waals surface area contributed by atoms with Gasteiger partial charge in [0.1, 0.15) is 0 Å². The van der Waals surface area contributed by atoms with Crippen LogP contribution in [0.1, 0.15) is 39.4 Å². The number of nitrogens with two attached hydrogens (primary N) is 1. The maximum Gasteiger partial charge on any atom is 0.253 e. The molecule has 4 N–H and O–H groups in total. The number of aliphatic hydroxyl groups excluding tert-OH is 1. The van der Waals surface area contributed by atoms with E-state index in [9.17, 15) is 9.90 Å². The van der Waals surface area contributed by atoms with Gasteiger partial charge in [-0.3, -0.25) is 4.79 Å². The van der Waals surface area contributed by atoms with Crippen molar-refractivity contribution in [3.8, 4) is 0 Å². The first kappa shape index (κ1) is 16.5. The van der Waals surface area contributed by atoms with Crippen molar-refractivity contribution < 1.29 is 14.6 Å². The third-order valence-electron chi connectivity index (χ3n) is 2.74. The first-order chi connectivity index (χ1) is 9.21. The van der Waals surface area contributed by atoms with E-state index in [-0.39, 0.29) is 6.10 Å². The van der Waals surface area contributed by atoms with Gasteiger partial charge in [0.15, 0.2) is 6.10 Å². The smallest absolute Gasteiger partial charge is 0.253 e. The van der Waals surface area contributed by atoms with E-state index >= 15 is 0 Å². The van der Waals surface area contributed by atoms with Crippen LogP contribution < -0.4 is 11.1 Å². The van der Waals surface area contributed by atoms with Gasteiger partial charge in [0.2, 0.25) is 0 Å². The quantitative estimate of drug-likeness (QED) is 0.691. The maximum atomic E-state index is 12.0. The molecule has 20 heavy (non-hydrogen) atoms. The Morgan fingerprint density at radius 2 is 1.90 bits per heavy atom. The highest BCUT2D eigenvalue weighted by atomic mass is 16.5. The number of benzene rings is 1. The number of aliphatic hydroxyl groups is 1. The molecule has 0 fully saturated rings. The second-order valence-corrected chi connectivity index (χ2v) is 5.80. The lowest BCUT2D eigenvalue weighted by Gasteiger charge is -2.28. The molecular weight excluding hydrogens is 256 g/mol. The fourth-order valence-corrected chi connectivity index (χ4v) is 1.64. The third kappa shape index (κ3) is 5.19. The van der Waals surface area contributed by atoms with Crippen molar-refractivity contribution in [2.24, 2.45) is 0 Å². The predicted molar refractivity (Wildman–Crippen MR) is 79.1 cm³/mol. The van der Waals surface area contributed by atoms with E-state index in [2.05, 4.69) is 5.32 Å². The van der Waals surface area contributed by atoms with E-state index in [4.69, 9.17) is 10.5 Å². The molecule has 0 aliphatic carbocycles. The van der Waals surface area contributed by atoms with Crippen molar-refractivity contribution in [2.75, 3.05) is 12.3 Å². The number of carbonyl (C=O) groups excluding carboxylic acids is 1. The van der Waals surface area contributed by atoms with Gasteiger partial charge in [-0.05, 0) is 45.4 Å². The van der Waals surface area contributed by atoms with Gasteiger partial charge in [-0.15, -0.1) is 0 Å². The summed E-state index contributed by atoms with van der Waals surface area (Å²) in [6.45, 7) is 7.94. The van der Waals surface area contributed by atoms with Crippen molar-refractivity contribution in [1.29, 1.82) is 0 Å². The Morgan fingerprint density at radius 3 is 2.40 bits per heavy atom. The van der Waals surface area contributed by atoms with E-state index in [1.807, 2.05) is 27.7 Å². The molecule has 0 radical (unpaired) electrons. The Hall–Kier alpha value is -1.59. The number of anilines is 1. The fourth-order valence-electron chi connectivity index (χ4n) is 1.64. The van der Waals surface area contributed by atoms with Crippen molar-refractivity contribution in [3.63, 3.8) is 0 Å². The number of rotatable bonds is 6. The van der Waals surface area contributed by atoms with Gasteiger partial charge in [0.25, 0.3) is 5.91 Å². The average molecular weight is 280 g/mol. The van der Waals surface area contributed by atoms with Crippen molar-refractivity contribution in [2.45, 2.75) is 45.4 Å². The lowest BCUT2D eigenvalue weighted by molar-refractivity contribution is -0.132. The molecule has 1 aromatic rings.